The van der Waals surface area contributed by atoms with E-state index in [1.165, 1.54) is 104 Å². The van der Waals surface area contributed by atoms with Gasteiger partial charge in [0.15, 0.2) is 0 Å². The molecule has 7 aliphatic rings. The van der Waals surface area contributed by atoms with Crippen LogP contribution in [0.15, 0.2) is 98.1 Å². The first-order chi connectivity index (χ1) is 51.3. The summed E-state index contributed by atoms with van der Waals surface area (Å²) >= 11 is 3.44. The highest BCUT2D eigenvalue weighted by Gasteiger charge is 2.31. The summed E-state index contributed by atoms with van der Waals surface area (Å²) in [6, 6.07) is 24.2. The van der Waals surface area contributed by atoms with Gasteiger partial charge in [-0.1, -0.05) is 62.9 Å². The Morgan fingerprint density at radius 2 is 0.667 bits per heavy atom. The van der Waals surface area contributed by atoms with Crippen molar-refractivity contribution in [1.82, 2.24) is 54.6 Å². The molecule has 15 rings (SSSR count). The summed E-state index contributed by atoms with van der Waals surface area (Å²) in [6.07, 6.45) is 29.7. The largest absolute Gasteiger partial charge is 0.391 e. The minimum Gasteiger partial charge on any atom is -0.391 e. The van der Waals surface area contributed by atoms with E-state index in [1.54, 1.807) is 55.6 Å². The molecule has 105 heavy (non-hydrogen) atoms. The number of halogens is 1. The van der Waals surface area contributed by atoms with Gasteiger partial charge in [-0.15, -0.1) is 0 Å². The zero-order valence-electron chi connectivity index (χ0n) is 61.9. The summed E-state index contributed by atoms with van der Waals surface area (Å²) in [6.45, 7) is 28.3. The molecule has 0 saturated carbocycles. The van der Waals surface area contributed by atoms with Gasteiger partial charge in [0.1, 0.15) is 68.4 Å². The molecule has 8 atom stereocenters. The number of hydrogen-bond donors (Lipinski definition) is 2. The van der Waals surface area contributed by atoms with Gasteiger partial charge in [0, 0.05) is 133 Å². The second-order valence-electron chi connectivity index (χ2n) is 29.8. The number of hydrogen-bond acceptors (Lipinski definition) is 23. The van der Waals surface area contributed by atoms with E-state index >= 15 is 0 Å². The summed E-state index contributed by atoms with van der Waals surface area (Å²) < 4.78 is 12.6. The van der Waals surface area contributed by atoms with Crippen LogP contribution in [0.1, 0.15) is 133 Å². The Morgan fingerprint density at radius 1 is 0.381 bits per heavy atom. The predicted molar refractivity (Wildman–Crippen MR) is 419 cm³/mol. The maximum Gasteiger partial charge on any atom is 0.113 e. The van der Waals surface area contributed by atoms with Gasteiger partial charge in [-0.2, -0.15) is 21.0 Å². The van der Waals surface area contributed by atoms with Crippen molar-refractivity contribution < 1.29 is 14.6 Å². The summed E-state index contributed by atoms with van der Waals surface area (Å²) in [4.78, 5) is 51.9. The number of ether oxygens (including phenoxy) is 2. The molecule has 11 heterocycles. The van der Waals surface area contributed by atoms with E-state index in [4.69, 9.17) is 25.7 Å². The van der Waals surface area contributed by atoms with Crippen molar-refractivity contribution in [3.8, 4) is 24.3 Å². The normalized spacial score (nSPS) is 23.2. The first kappa shape index (κ1) is 77.7. The highest BCUT2D eigenvalue weighted by Crippen LogP contribution is 2.35. The van der Waals surface area contributed by atoms with Crippen molar-refractivity contribution in [2.75, 3.05) is 149 Å². The molecular weight excluding hydrogens is 1380 g/mol. The molecule has 4 aromatic carbocycles. The molecule has 0 bridgehead atoms. The SMILES string of the molecule is BrCCN1CCCCC1.C[C@H]1C[C@@H](N)CN(c2ccc(C#N)c3nccnc23)C1.C[C@H]1C[C@@H](O)CN(c2ccc(C#N)c3nccnc23)C1.C[C@H]1C[C@@H](OCCN2CCCCC2)CN(c2ccc(C#N)c3nccnc23)C1.C[C@H]1C[C@@H](OCCN2CCCCC2)CN(c2ccc(C#N)c3nccnc23)C1. The monoisotopic (exact) mass is 1480 g/mol. The van der Waals surface area contributed by atoms with Crippen LogP contribution < -0.4 is 25.3 Å². The zero-order chi connectivity index (χ0) is 73.4. The molecule has 554 valence electrons. The van der Waals surface area contributed by atoms with E-state index in [9.17, 15) is 15.6 Å². The van der Waals surface area contributed by atoms with Gasteiger partial charge in [0.2, 0.25) is 0 Å². The molecule has 8 aromatic rings. The van der Waals surface area contributed by atoms with Crippen molar-refractivity contribution in [2.45, 2.75) is 136 Å². The molecule has 0 radical (unpaired) electrons. The van der Waals surface area contributed by atoms with Gasteiger partial charge in [-0.25, -0.2) is 0 Å². The van der Waals surface area contributed by atoms with Gasteiger partial charge in [-0.3, -0.25) is 39.9 Å². The van der Waals surface area contributed by atoms with Crippen molar-refractivity contribution in [2.24, 2.45) is 29.4 Å². The molecule has 7 fully saturated rings. The number of aliphatic hydroxyl groups is 1. The number of fused-ring (bicyclic) bond motifs is 4. The Hall–Kier alpha value is -8.40. The van der Waals surface area contributed by atoms with Crippen molar-refractivity contribution in [1.29, 1.82) is 21.0 Å². The molecule has 24 heteroatoms. The first-order valence-electron chi connectivity index (χ1n) is 38.2. The minimum absolute atomic E-state index is 0.182. The van der Waals surface area contributed by atoms with Crippen molar-refractivity contribution in [3.05, 3.63) is 120 Å². The third-order valence-corrected chi connectivity index (χ3v) is 21.5. The van der Waals surface area contributed by atoms with E-state index in [-0.39, 0.29) is 24.4 Å². The fourth-order valence-electron chi connectivity index (χ4n) is 16.3. The topological polar surface area (TPSA) is 286 Å². The van der Waals surface area contributed by atoms with Crippen LogP contribution in [0.3, 0.4) is 0 Å². The number of benzene rings is 4. The molecular formula is C81H105BrN20O3. The molecule has 3 N–H and O–H groups in total. The van der Waals surface area contributed by atoms with Crippen LogP contribution in [0.4, 0.5) is 22.7 Å². The van der Waals surface area contributed by atoms with Crippen LogP contribution in [0.25, 0.3) is 44.1 Å². The molecule has 4 aromatic heterocycles. The summed E-state index contributed by atoms with van der Waals surface area (Å²) in [7, 11) is 0. The Labute approximate surface area is 628 Å². The van der Waals surface area contributed by atoms with Gasteiger partial charge in [0.25, 0.3) is 0 Å². The third-order valence-electron chi connectivity index (χ3n) is 21.1. The smallest absolute Gasteiger partial charge is 0.113 e. The van der Waals surface area contributed by atoms with Crippen LogP contribution in [-0.4, -0.2) is 214 Å². The van der Waals surface area contributed by atoms with E-state index in [2.05, 4.69) is 142 Å². The second kappa shape index (κ2) is 39.3. The molecule has 7 aliphatic heterocycles. The number of anilines is 4. The number of aromatic nitrogens is 8. The maximum atomic E-state index is 9.95. The number of likely N-dealkylation sites (tertiary alicyclic amines) is 3. The number of piperidine rings is 7. The fourth-order valence-corrected chi connectivity index (χ4v) is 16.8. The molecule has 0 amide bonds. The number of nitriles is 4. The second-order valence-corrected chi connectivity index (χ2v) is 30.6. The van der Waals surface area contributed by atoms with E-state index in [1.807, 2.05) is 42.5 Å². The number of nitrogens with zero attached hydrogens (tertiary/aromatic N) is 19. The quantitative estimate of drug-likeness (QED) is 0.0956. The molecule has 0 aliphatic carbocycles. The van der Waals surface area contributed by atoms with Crippen molar-refractivity contribution >= 4 is 82.8 Å². The average Bonchev–Trinajstić information content (AvgIpc) is 0.802. The highest BCUT2D eigenvalue weighted by atomic mass is 79.9. The lowest BCUT2D eigenvalue weighted by Gasteiger charge is -2.38. The standard InChI is InChI=1S/2C22H29N5O.C15H17N5.C15H16N4O.C7H14BrN/c2*1-17-13-19(28-12-11-26-9-3-2-4-10-26)16-27(15-17)20-6-5-18(14-23)21-22(20)25-8-7-24-21;1-10-6-12(17)9-20(8-10)13-3-2-11(7-16)14-15(13)19-5-4-18-14;1-10-6-12(20)9-19(8-10)13-3-2-11(7-16)14-15(13)18-5-4-17-14;8-4-7-9-5-2-1-3-6-9/h2*5-8,17,19H,2-4,9-13,15-16H2,1H3;2-5,10,12H,6,8-9,17H2,1H3;2-5,10,12,20H,6,8-9H2,1H3;1-7H2/t2*17-,19+;2*10-,12+;/m0000./s1. The van der Waals surface area contributed by atoms with Crippen LogP contribution in [0.2, 0.25) is 0 Å². The third kappa shape index (κ3) is 21.2. The fraction of sp³-hybridized carbons (Fsp3) is 0.556. The number of nitrogens with two attached hydrogens (primary N) is 1. The maximum absolute atomic E-state index is 9.95. The lowest BCUT2D eigenvalue weighted by molar-refractivity contribution is 0.0175. The lowest BCUT2D eigenvalue weighted by Crippen LogP contribution is -2.46. The summed E-state index contributed by atoms with van der Waals surface area (Å²) in [5, 5.41) is 48.1. The Kier molecular flexibility index (Phi) is 29.1. The van der Waals surface area contributed by atoms with Crippen LogP contribution >= 0.6 is 15.9 Å². The summed E-state index contributed by atoms with van der Waals surface area (Å²) in [5.41, 5.74) is 18.2. The molecule has 0 spiro atoms. The molecule has 23 nitrogen and oxygen atoms in total. The first-order valence-corrected chi connectivity index (χ1v) is 39.4. The summed E-state index contributed by atoms with van der Waals surface area (Å²) in [5.74, 6) is 2.09. The average molecular weight is 1490 g/mol. The number of rotatable bonds is 14. The van der Waals surface area contributed by atoms with Crippen molar-refractivity contribution in [3.63, 3.8) is 0 Å². The number of alkyl halides is 1. The van der Waals surface area contributed by atoms with Crippen LogP contribution in [0.5, 0.6) is 0 Å². The number of aliphatic hydroxyl groups excluding tert-OH is 1. The Bertz CT molecular complexity index is 3990. The van der Waals surface area contributed by atoms with Gasteiger partial charge in [-0.05, 0) is 176 Å². The van der Waals surface area contributed by atoms with Gasteiger partial charge < -0.3 is 54.6 Å². The molecule has 0 unspecified atom stereocenters. The van der Waals surface area contributed by atoms with Gasteiger partial charge in [0.05, 0.1) is 76.5 Å². The minimum atomic E-state index is -0.318. The van der Waals surface area contributed by atoms with E-state index in [0.717, 1.165) is 148 Å². The van der Waals surface area contributed by atoms with Gasteiger partial charge >= 0.3 is 0 Å². The Morgan fingerprint density at radius 3 is 0.971 bits per heavy atom. The number of β-amino-alcohol motifs (C(OH)–C–C–N with tert-alkyl or cyclic N) is 1. The van der Waals surface area contributed by atoms with Crippen LogP contribution in [0, 0.1) is 69.0 Å². The lowest BCUT2D eigenvalue weighted by atomic mass is 9.96. The highest BCUT2D eigenvalue weighted by molar-refractivity contribution is 9.09. The molecule has 7 saturated heterocycles. The van der Waals surface area contributed by atoms with E-state index < -0.39 is 0 Å². The van der Waals surface area contributed by atoms with E-state index in [0.29, 0.717) is 74.5 Å². The zero-order valence-corrected chi connectivity index (χ0v) is 63.5. The Balaban J connectivity index is 0.000000136. The van der Waals surface area contributed by atoms with Crippen LogP contribution in [-0.2, 0) is 9.47 Å². The predicted octanol–water partition coefficient (Wildman–Crippen LogP) is 11.7.